The molecule has 0 saturated heterocycles. The largest absolute Gasteiger partial charge is 0.306 e. The van der Waals surface area contributed by atoms with Gasteiger partial charge in [-0.05, 0) is 67.4 Å². The molecule has 0 saturated carbocycles. The van der Waals surface area contributed by atoms with Crippen LogP contribution in [0.15, 0.2) is 17.5 Å². The molecule has 1 aromatic heterocycles. The second kappa shape index (κ2) is 7.15. The van der Waals surface area contributed by atoms with Crippen LogP contribution in [0.4, 0.5) is 0 Å². The molecule has 1 heterocycles. The van der Waals surface area contributed by atoms with Crippen LogP contribution in [-0.2, 0) is 0 Å². The first-order chi connectivity index (χ1) is 9.95. The van der Waals surface area contributed by atoms with Gasteiger partial charge in [0.15, 0.2) is 0 Å². The highest BCUT2D eigenvalue weighted by molar-refractivity contribution is 7.10. The van der Waals surface area contributed by atoms with Crippen molar-refractivity contribution in [2.45, 2.75) is 40.2 Å². The van der Waals surface area contributed by atoms with E-state index in [9.17, 15) is 0 Å². The molecule has 0 aliphatic rings. The Labute approximate surface area is 141 Å². The molecule has 1 N–H and O–H groups in total. The molecule has 21 heavy (non-hydrogen) atoms. The fraction of sp³-hybridized carbons (Fsp3) is 0.412. The first-order valence-corrected chi connectivity index (χ1v) is 8.82. The predicted octanol–water partition coefficient (Wildman–Crippen LogP) is 6.07. The van der Waals surface area contributed by atoms with E-state index < -0.39 is 0 Å². The number of aryl methyl sites for hydroxylation is 3. The summed E-state index contributed by atoms with van der Waals surface area (Å²) in [6.45, 7) is 9.34. The van der Waals surface area contributed by atoms with Gasteiger partial charge in [0.05, 0.1) is 11.1 Å². The van der Waals surface area contributed by atoms with Gasteiger partial charge in [0.25, 0.3) is 0 Å². The summed E-state index contributed by atoms with van der Waals surface area (Å²) in [5, 5.41) is 7.34. The van der Waals surface area contributed by atoms with Gasteiger partial charge < -0.3 is 5.32 Å². The zero-order valence-corrected chi connectivity index (χ0v) is 15.2. The van der Waals surface area contributed by atoms with Crippen molar-refractivity contribution in [2.75, 3.05) is 6.54 Å². The number of benzene rings is 1. The number of hydrogen-bond acceptors (Lipinski definition) is 2. The second-order valence-corrected chi connectivity index (χ2v) is 7.14. The second-order valence-electron chi connectivity index (χ2n) is 5.44. The highest BCUT2D eigenvalue weighted by Gasteiger charge is 2.22. The molecule has 0 aliphatic heterocycles. The number of hydrogen-bond donors (Lipinski definition) is 1. The normalized spacial score (nSPS) is 12.7. The van der Waals surface area contributed by atoms with Crippen LogP contribution in [0.1, 0.15) is 46.5 Å². The Bertz CT molecular complexity index is 634. The van der Waals surface area contributed by atoms with Crippen molar-refractivity contribution in [3.05, 3.63) is 54.7 Å². The van der Waals surface area contributed by atoms with E-state index >= 15 is 0 Å². The van der Waals surface area contributed by atoms with Crippen LogP contribution in [0.2, 0.25) is 10.0 Å². The fourth-order valence-electron chi connectivity index (χ4n) is 2.30. The van der Waals surface area contributed by atoms with Crippen LogP contribution in [-0.4, -0.2) is 6.54 Å². The third-order valence-corrected chi connectivity index (χ3v) is 5.82. The first kappa shape index (κ1) is 16.8. The average Bonchev–Trinajstić information content (AvgIpc) is 2.77. The summed E-state index contributed by atoms with van der Waals surface area (Å²) in [7, 11) is 0. The van der Waals surface area contributed by atoms with Crippen LogP contribution in [0.5, 0.6) is 0 Å². The fourth-order valence-corrected chi connectivity index (χ4v) is 4.02. The molecule has 0 amide bonds. The molecular weight excluding hydrogens is 321 g/mol. The average molecular weight is 342 g/mol. The van der Waals surface area contributed by atoms with Crippen LogP contribution in [0, 0.1) is 20.8 Å². The Morgan fingerprint density at radius 1 is 1.10 bits per heavy atom. The summed E-state index contributed by atoms with van der Waals surface area (Å²) < 4.78 is 0. The van der Waals surface area contributed by atoms with Crippen molar-refractivity contribution >= 4 is 34.5 Å². The van der Waals surface area contributed by atoms with E-state index in [1.54, 1.807) is 11.3 Å². The van der Waals surface area contributed by atoms with E-state index in [1.165, 1.54) is 11.1 Å². The number of rotatable bonds is 5. The summed E-state index contributed by atoms with van der Waals surface area (Å²) in [5.41, 5.74) is 4.70. The van der Waals surface area contributed by atoms with Crippen molar-refractivity contribution in [3.8, 4) is 0 Å². The third-order valence-electron chi connectivity index (χ3n) is 3.71. The van der Waals surface area contributed by atoms with Crippen LogP contribution in [0.3, 0.4) is 0 Å². The summed E-state index contributed by atoms with van der Waals surface area (Å²) >= 11 is 14.7. The minimum atomic E-state index is 0.0583. The molecule has 1 unspecified atom stereocenters. The predicted molar refractivity (Wildman–Crippen MR) is 95.1 cm³/mol. The molecule has 0 bridgehead atoms. The molecule has 4 heteroatoms. The Morgan fingerprint density at radius 2 is 1.76 bits per heavy atom. The molecule has 0 spiro atoms. The third kappa shape index (κ3) is 3.62. The molecule has 1 aromatic carbocycles. The molecule has 114 valence electrons. The lowest BCUT2D eigenvalue weighted by Gasteiger charge is -2.21. The van der Waals surface area contributed by atoms with Crippen LogP contribution in [0.25, 0.3) is 0 Å². The highest BCUT2D eigenvalue weighted by atomic mass is 35.5. The van der Waals surface area contributed by atoms with Gasteiger partial charge in [0.1, 0.15) is 0 Å². The smallest absolute Gasteiger partial charge is 0.0700 e. The Hall–Kier alpha value is -0.540. The Balaban J connectivity index is 2.50. The molecule has 2 aromatic rings. The Morgan fingerprint density at radius 3 is 2.33 bits per heavy atom. The lowest BCUT2D eigenvalue weighted by atomic mass is 9.99. The van der Waals surface area contributed by atoms with Gasteiger partial charge in [-0.2, -0.15) is 0 Å². The maximum absolute atomic E-state index is 6.51. The molecule has 0 fully saturated rings. The van der Waals surface area contributed by atoms with Crippen molar-refractivity contribution in [2.24, 2.45) is 0 Å². The first-order valence-electron chi connectivity index (χ1n) is 7.19. The minimum Gasteiger partial charge on any atom is -0.306 e. The quantitative estimate of drug-likeness (QED) is 0.695. The molecule has 0 radical (unpaired) electrons. The lowest BCUT2D eigenvalue weighted by Crippen LogP contribution is -2.23. The van der Waals surface area contributed by atoms with E-state index in [4.69, 9.17) is 23.2 Å². The van der Waals surface area contributed by atoms with Crippen molar-refractivity contribution in [1.29, 1.82) is 0 Å². The number of thiophene rings is 1. The number of halogens is 2. The van der Waals surface area contributed by atoms with Gasteiger partial charge in [0, 0.05) is 9.90 Å². The van der Waals surface area contributed by atoms with E-state index in [0.717, 1.165) is 39.0 Å². The molecule has 0 aliphatic carbocycles. The minimum absolute atomic E-state index is 0.0583. The summed E-state index contributed by atoms with van der Waals surface area (Å²) in [6.07, 6.45) is 1.07. The van der Waals surface area contributed by atoms with Gasteiger partial charge in [-0.3, -0.25) is 0 Å². The molecule has 1 nitrogen and oxygen atoms in total. The lowest BCUT2D eigenvalue weighted by molar-refractivity contribution is 0.605. The van der Waals surface area contributed by atoms with E-state index in [0.29, 0.717) is 0 Å². The summed E-state index contributed by atoms with van der Waals surface area (Å²) in [4.78, 5) is 1.15. The van der Waals surface area contributed by atoms with Gasteiger partial charge in [-0.15, -0.1) is 11.3 Å². The zero-order valence-electron chi connectivity index (χ0n) is 12.9. The monoisotopic (exact) mass is 341 g/mol. The Kier molecular flexibility index (Phi) is 5.73. The molecule has 1 atom stereocenters. The van der Waals surface area contributed by atoms with E-state index in [1.807, 2.05) is 13.0 Å². The van der Waals surface area contributed by atoms with Crippen molar-refractivity contribution in [1.82, 2.24) is 5.32 Å². The van der Waals surface area contributed by atoms with Gasteiger partial charge in [0.2, 0.25) is 0 Å². The van der Waals surface area contributed by atoms with Gasteiger partial charge in [-0.25, -0.2) is 0 Å². The van der Waals surface area contributed by atoms with Crippen LogP contribution >= 0.6 is 34.5 Å². The SMILES string of the molecule is CCCNC(c1cc(C)c(C)cc1Cl)c1scc(C)c1Cl. The maximum atomic E-state index is 6.51. The maximum Gasteiger partial charge on any atom is 0.0700 e. The number of nitrogens with one attached hydrogen (secondary N) is 1. The van der Waals surface area contributed by atoms with Gasteiger partial charge >= 0.3 is 0 Å². The summed E-state index contributed by atoms with van der Waals surface area (Å²) in [6, 6.07) is 4.28. The standard InChI is InChI=1S/C17H21Cl2NS/c1-5-6-20-16(17-15(19)12(4)9-21-17)13-7-10(2)11(3)8-14(13)18/h7-9,16,20H,5-6H2,1-4H3. The topological polar surface area (TPSA) is 12.0 Å². The van der Waals surface area contributed by atoms with E-state index in [-0.39, 0.29) is 6.04 Å². The van der Waals surface area contributed by atoms with Crippen molar-refractivity contribution in [3.63, 3.8) is 0 Å². The molecule has 2 rings (SSSR count). The van der Waals surface area contributed by atoms with E-state index in [2.05, 4.69) is 37.5 Å². The zero-order chi connectivity index (χ0) is 15.6. The van der Waals surface area contributed by atoms with Crippen LogP contribution < -0.4 is 5.32 Å². The van der Waals surface area contributed by atoms with Crippen molar-refractivity contribution < 1.29 is 0 Å². The summed E-state index contributed by atoms with van der Waals surface area (Å²) in [5.74, 6) is 0. The molecular formula is C17H21Cl2NS. The highest BCUT2D eigenvalue weighted by Crippen LogP contribution is 2.38. The van der Waals surface area contributed by atoms with Gasteiger partial charge in [-0.1, -0.05) is 36.2 Å².